The maximum Gasteiger partial charge on any atom is 0.0389 e. The first-order chi connectivity index (χ1) is 7.09. The number of nitrogens with two attached hydrogens (primary N) is 1. The molecule has 2 N–H and O–H groups in total. The largest absolute Gasteiger partial charge is 0.327 e. The molecule has 2 atom stereocenters. The zero-order valence-electron chi connectivity index (χ0n) is 10.1. The van der Waals surface area contributed by atoms with Gasteiger partial charge in [-0.05, 0) is 31.1 Å². The minimum absolute atomic E-state index is 0.181. The fraction of sp³-hybridized carbons (Fsp3) is 1.00. The summed E-state index contributed by atoms with van der Waals surface area (Å²) in [6.45, 7) is 4.35. The van der Waals surface area contributed by atoms with Gasteiger partial charge in [0, 0.05) is 28.3 Å². The Morgan fingerprint density at radius 1 is 1.33 bits per heavy atom. The van der Waals surface area contributed by atoms with Gasteiger partial charge in [0.1, 0.15) is 0 Å². The minimum atomic E-state index is -0.692. The first-order valence-electron chi connectivity index (χ1n) is 6.20. The van der Waals surface area contributed by atoms with Gasteiger partial charge in [0.05, 0.1) is 0 Å². The minimum Gasteiger partial charge on any atom is -0.327 e. The average molecular weight is 231 g/mol. The van der Waals surface area contributed by atoms with Gasteiger partial charge in [-0.25, -0.2) is 0 Å². The lowest BCUT2D eigenvalue weighted by atomic mass is 10.0. The van der Waals surface area contributed by atoms with E-state index >= 15 is 0 Å². The van der Waals surface area contributed by atoms with Gasteiger partial charge in [0.15, 0.2) is 0 Å². The van der Waals surface area contributed by atoms with Crippen LogP contribution in [0.15, 0.2) is 0 Å². The van der Waals surface area contributed by atoms with Crippen LogP contribution in [0.3, 0.4) is 0 Å². The molecule has 2 nitrogen and oxygen atoms in total. The summed E-state index contributed by atoms with van der Waals surface area (Å²) in [5, 5.41) is 0. The molecule has 1 aliphatic carbocycles. The Labute approximate surface area is 96.5 Å². The van der Waals surface area contributed by atoms with Crippen LogP contribution in [0.4, 0.5) is 0 Å². The molecular weight excluding hydrogens is 206 g/mol. The third-order valence-electron chi connectivity index (χ3n) is 3.31. The number of hydrogen-bond donors (Lipinski definition) is 1. The predicted molar refractivity (Wildman–Crippen MR) is 67.3 cm³/mol. The van der Waals surface area contributed by atoms with Crippen LogP contribution in [0, 0.1) is 11.8 Å². The van der Waals surface area contributed by atoms with Crippen LogP contribution in [0.1, 0.15) is 46.0 Å². The van der Waals surface area contributed by atoms with Gasteiger partial charge >= 0.3 is 0 Å². The van der Waals surface area contributed by atoms with E-state index in [1.807, 2.05) is 0 Å². The number of rotatable bonds is 6. The van der Waals surface area contributed by atoms with Crippen LogP contribution < -0.4 is 5.73 Å². The van der Waals surface area contributed by atoms with Crippen molar-refractivity contribution >= 4 is 10.8 Å². The molecule has 3 heteroatoms. The van der Waals surface area contributed by atoms with Crippen LogP contribution in [0.25, 0.3) is 0 Å². The lowest BCUT2D eigenvalue weighted by molar-refractivity contribution is 0.460. The van der Waals surface area contributed by atoms with Crippen molar-refractivity contribution in [1.29, 1.82) is 0 Å². The highest BCUT2D eigenvalue weighted by Gasteiger charge is 2.23. The second kappa shape index (κ2) is 6.64. The van der Waals surface area contributed by atoms with Crippen molar-refractivity contribution in [2.45, 2.75) is 52.0 Å². The summed E-state index contributed by atoms with van der Waals surface area (Å²) in [6, 6.07) is 0.181. The Balaban J connectivity index is 2.18. The molecule has 0 aromatic heterocycles. The summed E-state index contributed by atoms with van der Waals surface area (Å²) in [4.78, 5) is 0. The van der Waals surface area contributed by atoms with E-state index in [2.05, 4.69) is 13.8 Å². The van der Waals surface area contributed by atoms with E-state index in [9.17, 15) is 4.21 Å². The zero-order chi connectivity index (χ0) is 11.3. The maximum atomic E-state index is 11.7. The van der Waals surface area contributed by atoms with Crippen molar-refractivity contribution in [3.8, 4) is 0 Å². The van der Waals surface area contributed by atoms with Crippen molar-refractivity contribution in [2.24, 2.45) is 17.6 Å². The molecule has 0 aromatic carbocycles. The molecule has 15 heavy (non-hydrogen) atoms. The van der Waals surface area contributed by atoms with Gasteiger partial charge in [-0.15, -0.1) is 0 Å². The summed E-state index contributed by atoms with van der Waals surface area (Å²) >= 11 is 0. The third kappa shape index (κ3) is 5.12. The van der Waals surface area contributed by atoms with E-state index in [1.165, 1.54) is 25.7 Å². The van der Waals surface area contributed by atoms with Crippen molar-refractivity contribution in [1.82, 2.24) is 0 Å². The topological polar surface area (TPSA) is 43.1 Å². The quantitative estimate of drug-likeness (QED) is 0.762. The van der Waals surface area contributed by atoms with E-state index in [0.717, 1.165) is 17.9 Å². The Morgan fingerprint density at radius 3 is 2.47 bits per heavy atom. The molecule has 0 bridgehead atoms. The van der Waals surface area contributed by atoms with E-state index in [-0.39, 0.29) is 6.04 Å². The maximum absolute atomic E-state index is 11.7. The van der Waals surface area contributed by atoms with Crippen LogP contribution in [0.5, 0.6) is 0 Å². The summed E-state index contributed by atoms with van der Waals surface area (Å²) in [5.74, 6) is 2.85. The lowest BCUT2D eigenvalue weighted by Crippen LogP contribution is -2.34. The van der Waals surface area contributed by atoms with Gasteiger partial charge in [0.2, 0.25) is 0 Å². The van der Waals surface area contributed by atoms with Crippen molar-refractivity contribution in [3.63, 3.8) is 0 Å². The van der Waals surface area contributed by atoms with Crippen molar-refractivity contribution in [2.75, 3.05) is 11.5 Å². The van der Waals surface area contributed by atoms with Gasteiger partial charge in [0.25, 0.3) is 0 Å². The lowest BCUT2D eigenvalue weighted by Gasteiger charge is -2.18. The molecule has 2 unspecified atom stereocenters. The molecule has 90 valence electrons. The summed E-state index contributed by atoms with van der Waals surface area (Å²) in [7, 11) is -0.692. The second-order valence-corrected chi connectivity index (χ2v) is 6.82. The molecule has 1 rings (SSSR count). The molecule has 0 saturated heterocycles. The summed E-state index contributed by atoms with van der Waals surface area (Å²) < 4.78 is 11.7. The van der Waals surface area contributed by atoms with E-state index in [1.54, 1.807) is 0 Å². The van der Waals surface area contributed by atoms with Crippen LogP contribution >= 0.6 is 0 Å². The Hall–Kier alpha value is 0.110. The molecule has 0 radical (unpaired) electrons. The molecule has 0 spiro atoms. The van der Waals surface area contributed by atoms with Gasteiger partial charge in [-0.2, -0.15) is 0 Å². The molecule has 0 aromatic rings. The Bertz CT molecular complexity index is 200. The Kier molecular flexibility index (Phi) is 5.83. The van der Waals surface area contributed by atoms with Crippen LogP contribution in [-0.2, 0) is 10.8 Å². The second-order valence-electron chi connectivity index (χ2n) is 5.20. The average Bonchev–Trinajstić information content (AvgIpc) is 2.67. The van der Waals surface area contributed by atoms with Crippen LogP contribution in [-0.4, -0.2) is 21.8 Å². The van der Waals surface area contributed by atoms with Gasteiger partial charge in [-0.1, -0.05) is 26.7 Å². The van der Waals surface area contributed by atoms with E-state index < -0.39 is 10.8 Å². The molecule has 0 aliphatic heterocycles. The van der Waals surface area contributed by atoms with Crippen molar-refractivity contribution < 1.29 is 4.21 Å². The molecular formula is C12H25NOS. The third-order valence-corrected chi connectivity index (χ3v) is 4.75. The molecule has 0 heterocycles. The first-order valence-corrected chi connectivity index (χ1v) is 7.69. The predicted octanol–water partition coefficient (Wildman–Crippen LogP) is 2.30. The SMILES string of the molecule is CC(C)CCS(=O)CC(N)C1CCCC1. The fourth-order valence-electron chi connectivity index (χ4n) is 2.19. The Morgan fingerprint density at radius 2 is 1.93 bits per heavy atom. The van der Waals surface area contributed by atoms with E-state index in [4.69, 9.17) is 5.73 Å². The zero-order valence-corrected chi connectivity index (χ0v) is 10.9. The molecule has 1 aliphatic rings. The fourth-order valence-corrected chi connectivity index (χ4v) is 3.79. The standard InChI is InChI=1S/C12H25NOS/c1-10(2)7-8-15(14)9-12(13)11-5-3-4-6-11/h10-12H,3-9,13H2,1-2H3. The van der Waals surface area contributed by atoms with Gasteiger partial charge in [-0.3, -0.25) is 4.21 Å². The highest BCUT2D eigenvalue weighted by atomic mass is 32.2. The van der Waals surface area contributed by atoms with Crippen LogP contribution in [0.2, 0.25) is 0 Å². The normalized spacial score (nSPS) is 22.1. The smallest absolute Gasteiger partial charge is 0.0389 e. The summed E-state index contributed by atoms with van der Waals surface area (Å²) in [6.07, 6.45) is 6.20. The van der Waals surface area contributed by atoms with E-state index in [0.29, 0.717) is 11.8 Å². The monoisotopic (exact) mass is 231 g/mol. The molecule has 1 saturated carbocycles. The molecule has 1 fully saturated rings. The first kappa shape index (κ1) is 13.2. The van der Waals surface area contributed by atoms with Crippen molar-refractivity contribution in [3.05, 3.63) is 0 Å². The highest BCUT2D eigenvalue weighted by molar-refractivity contribution is 7.85. The molecule has 0 amide bonds. The highest BCUT2D eigenvalue weighted by Crippen LogP contribution is 2.27. The number of hydrogen-bond acceptors (Lipinski definition) is 2. The van der Waals surface area contributed by atoms with Gasteiger partial charge < -0.3 is 5.73 Å². The summed E-state index contributed by atoms with van der Waals surface area (Å²) in [5.41, 5.74) is 6.09.